The molecule has 0 unspecified atom stereocenters. The number of anilines is 1. The predicted octanol–water partition coefficient (Wildman–Crippen LogP) is 2.77. The van der Waals surface area contributed by atoms with Crippen LogP contribution in [0, 0.1) is 5.92 Å². The van der Waals surface area contributed by atoms with E-state index >= 15 is 0 Å². The number of imide groups is 1. The number of esters is 1. The van der Waals surface area contributed by atoms with Crippen molar-refractivity contribution in [3.8, 4) is 0 Å². The van der Waals surface area contributed by atoms with E-state index in [2.05, 4.69) is 34.8 Å². The van der Waals surface area contributed by atoms with E-state index in [0.717, 1.165) is 13.0 Å². The zero-order valence-corrected chi connectivity index (χ0v) is 17.0. The lowest BCUT2D eigenvalue weighted by Crippen LogP contribution is -2.50. The van der Waals surface area contributed by atoms with Crippen LogP contribution in [0.15, 0.2) is 5.38 Å². The van der Waals surface area contributed by atoms with Gasteiger partial charge >= 0.3 is 12.0 Å². The Bertz CT molecular complexity index is 637. The number of urea groups is 1. The molecular formula is C17H28N4O4S. The normalized spacial score (nSPS) is 12.4. The second kappa shape index (κ2) is 9.51. The molecule has 0 aromatic carbocycles. The third kappa shape index (κ3) is 8.28. The molecule has 0 radical (unpaired) electrons. The summed E-state index contributed by atoms with van der Waals surface area (Å²) in [6.45, 7) is 11.8. The predicted molar refractivity (Wildman–Crippen MR) is 101 cm³/mol. The zero-order chi connectivity index (χ0) is 19.9. The molecule has 1 heterocycles. The van der Waals surface area contributed by atoms with Gasteiger partial charge in [0.1, 0.15) is 0 Å². The van der Waals surface area contributed by atoms with Crippen molar-refractivity contribution < 1.29 is 19.1 Å². The number of amides is 3. The highest BCUT2D eigenvalue weighted by Crippen LogP contribution is 2.17. The Labute approximate surface area is 158 Å². The van der Waals surface area contributed by atoms with Gasteiger partial charge in [-0.3, -0.25) is 10.1 Å². The van der Waals surface area contributed by atoms with Crippen molar-refractivity contribution in [2.24, 2.45) is 5.92 Å². The molecule has 0 saturated carbocycles. The molecule has 0 aliphatic carbocycles. The molecule has 0 aliphatic heterocycles. The van der Waals surface area contributed by atoms with E-state index in [1.165, 1.54) is 18.3 Å². The van der Waals surface area contributed by atoms with Crippen LogP contribution < -0.4 is 16.0 Å². The first-order valence-electron chi connectivity index (χ1n) is 8.51. The highest BCUT2D eigenvalue weighted by Gasteiger charge is 2.23. The van der Waals surface area contributed by atoms with Crippen LogP contribution in [0.5, 0.6) is 0 Å². The lowest BCUT2D eigenvalue weighted by atomic mass is 10.1. The van der Waals surface area contributed by atoms with E-state index in [1.807, 2.05) is 0 Å². The van der Waals surface area contributed by atoms with Crippen LogP contribution >= 0.6 is 11.3 Å². The maximum Gasteiger partial charge on any atom is 0.358 e. The monoisotopic (exact) mass is 384 g/mol. The number of carbonyl (C=O) groups is 3. The molecule has 1 aromatic heterocycles. The van der Waals surface area contributed by atoms with Crippen LogP contribution in [0.2, 0.25) is 0 Å². The highest BCUT2D eigenvalue weighted by atomic mass is 32.1. The summed E-state index contributed by atoms with van der Waals surface area (Å²) in [6, 6.07) is -0.643. The second-order valence-corrected chi connectivity index (χ2v) is 8.25. The minimum absolute atomic E-state index is 0.126. The molecule has 0 spiro atoms. The fourth-order valence-corrected chi connectivity index (χ4v) is 2.48. The molecule has 0 fully saturated rings. The number of ether oxygens (including phenoxy) is 1. The third-order valence-electron chi connectivity index (χ3n) is 3.09. The van der Waals surface area contributed by atoms with Gasteiger partial charge in [0.15, 0.2) is 16.9 Å². The Hall–Kier alpha value is -2.16. The Kier molecular flexibility index (Phi) is 8.01. The SMILES string of the molecule is CC(C)CCNc1nc(C(=O)O[C@H](C)C(=O)NC(=O)NC(C)(C)C)cs1. The van der Waals surface area contributed by atoms with Gasteiger partial charge in [-0.2, -0.15) is 0 Å². The number of aromatic nitrogens is 1. The van der Waals surface area contributed by atoms with Gasteiger partial charge in [0.25, 0.3) is 5.91 Å². The summed E-state index contributed by atoms with van der Waals surface area (Å²) >= 11 is 1.29. The number of hydrogen-bond acceptors (Lipinski definition) is 7. The van der Waals surface area contributed by atoms with Gasteiger partial charge in [-0.1, -0.05) is 13.8 Å². The number of hydrogen-bond donors (Lipinski definition) is 3. The lowest BCUT2D eigenvalue weighted by molar-refractivity contribution is -0.127. The van der Waals surface area contributed by atoms with Crippen LogP contribution in [0.4, 0.5) is 9.93 Å². The minimum atomic E-state index is -1.12. The van der Waals surface area contributed by atoms with Gasteiger partial charge < -0.3 is 15.4 Å². The third-order valence-corrected chi connectivity index (χ3v) is 3.89. The molecule has 146 valence electrons. The maximum atomic E-state index is 12.1. The maximum absolute atomic E-state index is 12.1. The molecule has 8 nitrogen and oxygen atoms in total. The van der Waals surface area contributed by atoms with E-state index in [0.29, 0.717) is 11.0 Å². The van der Waals surface area contributed by atoms with Gasteiger partial charge in [-0.25, -0.2) is 14.6 Å². The van der Waals surface area contributed by atoms with Crippen molar-refractivity contribution in [2.45, 2.75) is 59.6 Å². The Balaban J connectivity index is 2.49. The molecule has 9 heteroatoms. The summed E-state index contributed by atoms with van der Waals surface area (Å²) in [5, 5.41) is 10.1. The molecule has 0 bridgehead atoms. The van der Waals surface area contributed by atoms with E-state index < -0.39 is 29.6 Å². The molecule has 1 atom stereocenters. The summed E-state index contributed by atoms with van der Waals surface area (Å²) in [7, 11) is 0. The lowest BCUT2D eigenvalue weighted by Gasteiger charge is -2.21. The quantitative estimate of drug-likeness (QED) is 0.624. The van der Waals surface area contributed by atoms with Gasteiger partial charge in [-0.05, 0) is 40.0 Å². The first kappa shape index (κ1) is 21.9. The van der Waals surface area contributed by atoms with Gasteiger partial charge in [-0.15, -0.1) is 11.3 Å². The smallest absolute Gasteiger partial charge is 0.358 e. The molecule has 1 rings (SSSR count). The summed E-state index contributed by atoms with van der Waals surface area (Å²) in [5.74, 6) is -0.843. The summed E-state index contributed by atoms with van der Waals surface area (Å²) in [5.41, 5.74) is -0.357. The van der Waals surface area contributed by atoms with Crippen molar-refractivity contribution >= 4 is 34.4 Å². The Morgan fingerprint density at radius 2 is 1.88 bits per heavy atom. The van der Waals surface area contributed by atoms with Crippen LogP contribution in [0.1, 0.15) is 58.5 Å². The van der Waals surface area contributed by atoms with Crippen molar-refractivity contribution in [2.75, 3.05) is 11.9 Å². The van der Waals surface area contributed by atoms with Gasteiger partial charge in [0.2, 0.25) is 0 Å². The molecule has 26 heavy (non-hydrogen) atoms. The second-order valence-electron chi connectivity index (χ2n) is 7.39. The topological polar surface area (TPSA) is 109 Å². The number of thiazole rings is 1. The van der Waals surface area contributed by atoms with E-state index in [-0.39, 0.29) is 5.69 Å². The number of rotatable bonds is 7. The van der Waals surface area contributed by atoms with Crippen LogP contribution in [0.3, 0.4) is 0 Å². The summed E-state index contributed by atoms with van der Waals surface area (Å²) in [4.78, 5) is 39.8. The molecule has 0 saturated heterocycles. The summed E-state index contributed by atoms with van der Waals surface area (Å²) in [6.07, 6.45) is -0.125. The fraction of sp³-hybridized carbons (Fsp3) is 0.647. The van der Waals surface area contributed by atoms with Crippen LogP contribution in [-0.2, 0) is 9.53 Å². The van der Waals surface area contributed by atoms with Crippen molar-refractivity contribution in [3.63, 3.8) is 0 Å². The Morgan fingerprint density at radius 1 is 1.23 bits per heavy atom. The first-order chi connectivity index (χ1) is 12.0. The van der Waals surface area contributed by atoms with E-state index in [1.54, 1.807) is 26.2 Å². The van der Waals surface area contributed by atoms with Crippen molar-refractivity contribution in [3.05, 3.63) is 11.1 Å². The average molecular weight is 385 g/mol. The first-order valence-corrected chi connectivity index (χ1v) is 9.39. The van der Waals surface area contributed by atoms with Gasteiger partial charge in [0, 0.05) is 17.5 Å². The zero-order valence-electron chi connectivity index (χ0n) is 16.1. The largest absolute Gasteiger partial charge is 0.448 e. The standard InChI is InChI=1S/C17H28N4O4S/c1-10(2)7-8-18-16-19-12(9-26-16)14(23)25-11(3)13(22)20-15(24)21-17(4,5)6/h9-11H,7-8H2,1-6H3,(H,18,19)(H2,20,21,22,24)/t11-/m1/s1. The highest BCUT2D eigenvalue weighted by molar-refractivity contribution is 7.13. The number of nitrogens with zero attached hydrogens (tertiary/aromatic N) is 1. The number of carbonyl (C=O) groups excluding carboxylic acids is 3. The molecular weight excluding hydrogens is 356 g/mol. The average Bonchev–Trinajstić information content (AvgIpc) is 2.93. The molecule has 3 N–H and O–H groups in total. The van der Waals surface area contributed by atoms with Crippen molar-refractivity contribution in [1.29, 1.82) is 0 Å². The van der Waals surface area contributed by atoms with E-state index in [9.17, 15) is 14.4 Å². The Morgan fingerprint density at radius 3 is 2.46 bits per heavy atom. The minimum Gasteiger partial charge on any atom is -0.448 e. The molecule has 3 amide bonds. The van der Waals surface area contributed by atoms with Gasteiger partial charge in [0.05, 0.1) is 0 Å². The van der Waals surface area contributed by atoms with E-state index in [4.69, 9.17) is 4.74 Å². The van der Waals surface area contributed by atoms with Crippen LogP contribution in [0.25, 0.3) is 0 Å². The molecule has 1 aromatic rings. The van der Waals surface area contributed by atoms with Crippen molar-refractivity contribution in [1.82, 2.24) is 15.6 Å². The fourth-order valence-electron chi connectivity index (χ4n) is 1.78. The molecule has 0 aliphatic rings. The summed E-state index contributed by atoms with van der Waals surface area (Å²) < 4.78 is 5.07. The number of nitrogens with one attached hydrogen (secondary N) is 3. The van der Waals surface area contributed by atoms with Crippen LogP contribution in [-0.4, -0.2) is 41.1 Å².